The zero-order chi connectivity index (χ0) is 18.7. The molecule has 0 unspecified atom stereocenters. The van der Waals surface area contributed by atoms with Gasteiger partial charge in [0.15, 0.2) is 0 Å². The Kier molecular flexibility index (Phi) is 3.36. The number of benzene rings is 1. The fourth-order valence-corrected chi connectivity index (χ4v) is 4.02. The number of para-hydroxylation sites is 1. The van der Waals surface area contributed by atoms with Gasteiger partial charge in [0, 0.05) is 30.4 Å². The summed E-state index contributed by atoms with van der Waals surface area (Å²) >= 11 is 0. The predicted octanol–water partition coefficient (Wildman–Crippen LogP) is 3.68. The monoisotopic (exact) mass is 371 g/mol. The standard InChI is InChI=1S/C22H21N5O/c28-21(25-15-8-9-15)19-12-18-20(27(19)22-23-10-3-11-24-22)16-4-1-2-5-17(16)26(18)13-14-6-7-14/h1-5,10-12,14-15H,6-9,13H2,(H,25,28). The highest BCUT2D eigenvalue weighted by Crippen LogP contribution is 2.38. The van der Waals surface area contributed by atoms with Gasteiger partial charge in [0.25, 0.3) is 5.91 Å². The van der Waals surface area contributed by atoms with Crippen molar-refractivity contribution < 1.29 is 4.79 Å². The molecule has 28 heavy (non-hydrogen) atoms. The number of hydrogen-bond donors (Lipinski definition) is 1. The molecule has 3 aromatic heterocycles. The van der Waals surface area contributed by atoms with Crippen LogP contribution in [0.5, 0.6) is 0 Å². The molecule has 4 aromatic rings. The van der Waals surface area contributed by atoms with E-state index in [0.717, 1.165) is 41.7 Å². The summed E-state index contributed by atoms with van der Waals surface area (Å²) in [5, 5.41) is 4.26. The van der Waals surface area contributed by atoms with Crippen LogP contribution in [0.4, 0.5) is 0 Å². The molecule has 1 aromatic carbocycles. The maximum atomic E-state index is 13.0. The van der Waals surface area contributed by atoms with E-state index in [1.165, 1.54) is 18.4 Å². The van der Waals surface area contributed by atoms with E-state index in [1.807, 2.05) is 10.6 Å². The van der Waals surface area contributed by atoms with Crippen molar-refractivity contribution in [2.45, 2.75) is 38.3 Å². The minimum absolute atomic E-state index is 0.0480. The molecule has 0 radical (unpaired) electrons. The van der Waals surface area contributed by atoms with Crippen molar-refractivity contribution in [1.29, 1.82) is 0 Å². The molecule has 6 rings (SSSR count). The molecule has 0 bridgehead atoms. The minimum atomic E-state index is -0.0480. The zero-order valence-corrected chi connectivity index (χ0v) is 15.5. The number of nitrogens with zero attached hydrogens (tertiary/aromatic N) is 4. The summed E-state index contributed by atoms with van der Waals surface area (Å²) in [5.74, 6) is 1.22. The van der Waals surface area contributed by atoms with Gasteiger partial charge in [0.1, 0.15) is 5.69 Å². The Morgan fingerprint density at radius 3 is 2.57 bits per heavy atom. The van der Waals surface area contributed by atoms with E-state index in [2.05, 4.69) is 44.1 Å². The van der Waals surface area contributed by atoms with E-state index in [9.17, 15) is 4.79 Å². The highest BCUT2D eigenvalue weighted by atomic mass is 16.2. The van der Waals surface area contributed by atoms with Gasteiger partial charge in [-0.2, -0.15) is 0 Å². The predicted molar refractivity (Wildman–Crippen MR) is 108 cm³/mol. The van der Waals surface area contributed by atoms with E-state index in [-0.39, 0.29) is 5.91 Å². The largest absolute Gasteiger partial charge is 0.348 e. The van der Waals surface area contributed by atoms with E-state index in [1.54, 1.807) is 18.5 Å². The van der Waals surface area contributed by atoms with Crippen molar-refractivity contribution in [3.05, 3.63) is 54.5 Å². The van der Waals surface area contributed by atoms with Crippen molar-refractivity contribution >= 4 is 27.8 Å². The number of nitrogens with one attached hydrogen (secondary N) is 1. The Labute approximate surface area is 162 Å². The maximum Gasteiger partial charge on any atom is 0.268 e. The van der Waals surface area contributed by atoms with E-state index >= 15 is 0 Å². The van der Waals surface area contributed by atoms with Crippen LogP contribution in [-0.4, -0.2) is 31.1 Å². The lowest BCUT2D eigenvalue weighted by Crippen LogP contribution is -2.27. The highest BCUT2D eigenvalue weighted by molar-refractivity contribution is 6.11. The van der Waals surface area contributed by atoms with Crippen LogP contribution >= 0.6 is 0 Å². The molecule has 6 nitrogen and oxygen atoms in total. The first-order valence-corrected chi connectivity index (χ1v) is 10.0. The third-order valence-corrected chi connectivity index (χ3v) is 5.76. The Balaban J connectivity index is 1.65. The third-order valence-electron chi connectivity index (χ3n) is 5.76. The summed E-state index contributed by atoms with van der Waals surface area (Å²) in [4.78, 5) is 22.0. The summed E-state index contributed by atoms with van der Waals surface area (Å²) in [6.45, 7) is 0.993. The van der Waals surface area contributed by atoms with Crippen LogP contribution in [0.3, 0.4) is 0 Å². The van der Waals surface area contributed by atoms with Gasteiger partial charge in [-0.15, -0.1) is 0 Å². The minimum Gasteiger partial charge on any atom is -0.348 e. The van der Waals surface area contributed by atoms with Crippen molar-refractivity contribution in [1.82, 2.24) is 24.4 Å². The molecule has 1 N–H and O–H groups in total. The fraction of sp³-hybridized carbons (Fsp3) is 0.318. The van der Waals surface area contributed by atoms with Crippen LogP contribution in [0.25, 0.3) is 27.9 Å². The van der Waals surface area contributed by atoms with Gasteiger partial charge in [-0.3, -0.25) is 9.36 Å². The van der Waals surface area contributed by atoms with Crippen LogP contribution in [0.1, 0.15) is 36.2 Å². The number of carbonyl (C=O) groups is 1. The quantitative estimate of drug-likeness (QED) is 0.582. The second-order valence-electron chi connectivity index (χ2n) is 7.97. The van der Waals surface area contributed by atoms with E-state index in [0.29, 0.717) is 17.7 Å². The van der Waals surface area contributed by atoms with Gasteiger partial charge in [-0.05, 0) is 49.8 Å². The van der Waals surface area contributed by atoms with Crippen molar-refractivity contribution in [3.8, 4) is 5.95 Å². The van der Waals surface area contributed by atoms with Crippen LogP contribution in [0, 0.1) is 5.92 Å². The summed E-state index contributed by atoms with van der Waals surface area (Å²) in [5.41, 5.74) is 3.92. The molecule has 0 saturated heterocycles. The summed E-state index contributed by atoms with van der Waals surface area (Å²) in [6.07, 6.45) is 8.13. The van der Waals surface area contributed by atoms with Gasteiger partial charge in [0.2, 0.25) is 5.95 Å². The molecule has 140 valence electrons. The zero-order valence-electron chi connectivity index (χ0n) is 15.5. The topological polar surface area (TPSA) is 64.7 Å². The summed E-state index contributed by atoms with van der Waals surface area (Å²) in [7, 11) is 0. The van der Waals surface area contributed by atoms with Gasteiger partial charge >= 0.3 is 0 Å². The average Bonchev–Trinajstić information content (AvgIpc) is 3.65. The first-order valence-electron chi connectivity index (χ1n) is 10.0. The van der Waals surface area contributed by atoms with Crippen molar-refractivity contribution in [2.75, 3.05) is 0 Å². The molecule has 0 spiro atoms. The number of hydrogen-bond acceptors (Lipinski definition) is 3. The van der Waals surface area contributed by atoms with Crippen LogP contribution < -0.4 is 5.32 Å². The molecule has 0 atom stereocenters. The lowest BCUT2D eigenvalue weighted by atomic mass is 10.2. The fourth-order valence-electron chi connectivity index (χ4n) is 4.02. The van der Waals surface area contributed by atoms with Gasteiger partial charge in [-0.1, -0.05) is 18.2 Å². The number of amides is 1. The maximum absolute atomic E-state index is 13.0. The Bertz CT molecular complexity index is 1200. The first kappa shape index (κ1) is 15.9. The summed E-state index contributed by atoms with van der Waals surface area (Å²) < 4.78 is 4.30. The second-order valence-corrected chi connectivity index (χ2v) is 7.97. The Hall–Kier alpha value is -3.15. The molecular weight excluding hydrogens is 350 g/mol. The molecule has 2 aliphatic carbocycles. The molecule has 0 aliphatic heterocycles. The third kappa shape index (κ3) is 2.52. The lowest BCUT2D eigenvalue weighted by molar-refractivity contribution is 0.0944. The number of fused-ring (bicyclic) bond motifs is 3. The van der Waals surface area contributed by atoms with Gasteiger partial charge < -0.3 is 9.88 Å². The number of rotatable bonds is 5. The van der Waals surface area contributed by atoms with Gasteiger partial charge in [0.05, 0.1) is 16.6 Å². The molecule has 2 aliphatic rings. The SMILES string of the molecule is O=C(NC1CC1)c1cc2c(c3ccccc3n2CC2CC2)n1-c1ncccn1. The van der Waals surface area contributed by atoms with Crippen LogP contribution in [-0.2, 0) is 6.54 Å². The molecule has 3 heterocycles. The average molecular weight is 371 g/mol. The van der Waals surface area contributed by atoms with Crippen molar-refractivity contribution in [3.63, 3.8) is 0 Å². The summed E-state index contributed by atoms with van der Waals surface area (Å²) in [6, 6.07) is 12.5. The molecule has 2 fully saturated rings. The normalized spacial score (nSPS) is 16.7. The smallest absolute Gasteiger partial charge is 0.268 e. The van der Waals surface area contributed by atoms with Crippen LogP contribution in [0.15, 0.2) is 48.8 Å². The number of carbonyl (C=O) groups excluding carboxylic acids is 1. The molecule has 6 heteroatoms. The van der Waals surface area contributed by atoms with Crippen molar-refractivity contribution in [2.24, 2.45) is 5.92 Å². The molecule has 1 amide bonds. The van der Waals surface area contributed by atoms with Crippen LogP contribution in [0.2, 0.25) is 0 Å². The highest BCUT2D eigenvalue weighted by Gasteiger charge is 2.30. The first-order chi connectivity index (χ1) is 13.8. The molecule has 2 saturated carbocycles. The van der Waals surface area contributed by atoms with Gasteiger partial charge in [-0.25, -0.2) is 9.97 Å². The Morgan fingerprint density at radius 2 is 1.82 bits per heavy atom. The molecular formula is C22H21N5O. The van der Waals surface area contributed by atoms with E-state index < -0.39 is 0 Å². The van der Waals surface area contributed by atoms with E-state index in [4.69, 9.17) is 0 Å². The Morgan fingerprint density at radius 1 is 1.04 bits per heavy atom. The lowest BCUT2D eigenvalue weighted by Gasteiger charge is -2.09. The second kappa shape index (κ2) is 5.92. The number of aromatic nitrogens is 4.